The van der Waals surface area contributed by atoms with Gasteiger partial charge in [-0.05, 0) is 38.5 Å². The Labute approximate surface area is 163 Å². The second-order valence-electron chi connectivity index (χ2n) is 7.01. The zero-order valence-electron chi connectivity index (χ0n) is 16.1. The van der Waals surface area contributed by atoms with Gasteiger partial charge >= 0.3 is 0 Å². The number of amides is 2. The summed E-state index contributed by atoms with van der Waals surface area (Å²) in [6.45, 7) is 5.46. The van der Waals surface area contributed by atoms with E-state index in [1.54, 1.807) is 28.9 Å². The Morgan fingerprint density at radius 1 is 0.929 bits per heavy atom. The second-order valence-corrected chi connectivity index (χ2v) is 7.01. The Balaban J connectivity index is 1.73. The molecule has 0 aromatic heterocycles. The normalized spacial score (nSPS) is 14.5. The van der Waals surface area contributed by atoms with Crippen LogP contribution in [0.15, 0.2) is 42.5 Å². The SMILES string of the molecule is Cc1cccc(C(=O)N2CCCN(C(=O)c3cccc([N+](=O)[O-])c3C)CC2)c1. The molecule has 28 heavy (non-hydrogen) atoms. The van der Waals surface area contributed by atoms with Gasteiger partial charge in [0.2, 0.25) is 0 Å². The van der Waals surface area contributed by atoms with Gasteiger partial charge in [-0.3, -0.25) is 19.7 Å². The third-order valence-corrected chi connectivity index (χ3v) is 5.07. The quantitative estimate of drug-likeness (QED) is 0.604. The zero-order chi connectivity index (χ0) is 20.3. The van der Waals surface area contributed by atoms with Gasteiger partial charge < -0.3 is 9.80 Å². The highest BCUT2D eigenvalue weighted by molar-refractivity contribution is 5.97. The minimum Gasteiger partial charge on any atom is -0.337 e. The number of aryl methyl sites for hydroxylation is 1. The van der Waals surface area contributed by atoms with Crippen LogP contribution in [-0.4, -0.2) is 52.7 Å². The van der Waals surface area contributed by atoms with Crippen molar-refractivity contribution in [1.82, 2.24) is 9.80 Å². The monoisotopic (exact) mass is 381 g/mol. The molecule has 2 aromatic carbocycles. The van der Waals surface area contributed by atoms with Crippen molar-refractivity contribution in [2.24, 2.45) is 0 Å². The third-order valence-electron chi connectivity index (χ3n) is 5.07. The summed E-state index contributed by atoms with van der Waals surface area (Å²) in [5.41, 5.74) is 2.33. The van der Waals surface area contributed by atoms with Crippen molar-refractivity contribution < 1.29 is 14.5 Å². The van der Waals surface area contributed by atoms with Gasteiger partial charge in [-0.15, -0.1) is 0 Å². The van der Waals surface area contributed by atoms with Crippen LogP contribution in [0.1, 0.15) is 38.3 Å². The minimum atomic E-state index is -0.475. The minimum absolute atomic E-state index is 0.0375. The number of nitro groups is 1. The first-order valence-corrected chi connectivity index (χ1v) is 9.27. The van der Waals surface area contributed by atoms with Crippen LogP contribution in [0.4, 0.5) is 5.69 Å². The molecule has 0 radical (unpaired) electrons. The van der Waals surface area contributed by atoms with Crippen molar-refractivity contribution in [2.75, 3.05) is 26.2 Å². The summed E-state index contributed by atoms with van der Waals surface area (Å²) in [4.78, 5) is 39.8. The number of rotatable bonds is 3. The smallest absolute Gasteiger partial charge is 0.273 e. The van der Waals surface area contributed by atoms with E-state index in [1.807, 2.05) is 25.1 Å². The maximum absolute atomic E-state index is 12.9. The van der Waals surface area contributed by atoms with E-state index >= 15 is 0 Å². The van der Waals surface area contributed by atoms with Crippen molar-refractivity contribution in [3.8, 4) is 0 Å². The first-order valence-electron chi connectivity index (χ1n) is 9.27. The van der Waals surface area contributed by atoms with Crippen LogP contribution in [0, 0.1) is 24.0 Å². The lowest BCUT2D eigenvalue weighted by Gasteiger charge is -2.23. The molecule has 1 heterocycles. The molecule has 0 aliphatic carbocycles. The molecule has 0 saturated carbocycles. The van der Waals surface area contributed by atoms with Crippen molar-refractivity contribution in [2.45, 2.75) is 20.3 Å². The molecule has 1 aliphatic heterocycles. The first-order chi connectivity index (χ1) is 13.4. The summed E-state index contributed by atoms with van der Waals surface area (Å²) in [6.07, 6.45) is 0.664. The predicted molar refractivity (Wildman–Crippen MR) is 105 cm³/mol. The Hall–Kier alpha value is -3.22. The van der Waals surface area contributed by atoms with Crippen LogP contribution in [0.5, 0.6) is 0 Å². The summed E-state index contributed by atoms with van der Waals surface area (Å²) < 4.78 is 0. The molecule has 0 N–H and O–H groups in total. The maximum atomic E-state index is 12.9. The van der Waals surface area contributed by atoms with E-state index in [-0.39, 0.29) is 17.5 Å². The fourth-order valence-corrected chi connectivity index (χ4v) is 3.51. The van der Waals surface area contributed by atoms with Gasteiger partial charge in [-0.1, -0.05) is 23.8 Å². The van der Waals surface area contributed by atoms with Gasteiger partial charge in [0.1, 0.15) is 0 Å². The van der Waals surface area contributed by atoms with Gasteiger partial charge in [0, 0.05) is 48.9 Å². The van der Waals surface area contributed by atoms with Crippen LogP contribution in [-0.2, 0) is 0 Å². The molecule has 1 saturated heterocycles. The lowest BCUT2D eigenvalue weighted by Crippen LogP contribution is -2.37. The summed E-state index contributed by atoms with van der Waals surface area (Å²) in [5.74, 6) is -0.268. The molecule has 0 atom stereocenters. The first kappa shape index (κ1) is 19.5. The van der Waals surface area contributed by atoms with Crippen LogP contribution in [0.25, 0.3) is 0 Å². The predicted octanol–water partition coefficient (Wildman–Crippen LogP) is 3.20. The summed E-state index contributed by atoms with van der Waals surface area (Å²) >= 11 is 0. The van der Waals surface area contributed by atoms with Gasteiger partial charge in [0.15, 0.2) is 0 Å². The van der Waals surface area contributed by atoms with E-state index in [0.717, 1.165) is 5.56 Å². The number of nitrogens with zero attached hydrogens (tertiary/aromatic N) is 3. The van der Waals surface area contributed by atoms with Crippen LogP contribution >= 0.6 is 0 Å². The molecular weight excluding hydrogens is 358 g/mol. The zero-order valence-corrected chi connectivity index (χ0v) is 16.1. The molecule has 2 amide bonds. The fourth-order valence-electron chi connectivity index (χ4n) is 3.51. The average Bonchev–Trinajstić information content (AvgIpc) is 2.93. The number of nitro benzene ring substituents is 1. The van der Waals surface area contributed by atoms with E-state index in [4.69, 9.17) is 0 Å². The standard InChI is InChI=1S/C21H23N3O4/c1-15-6-3-7-17(14-15)20(25)22-10-5-11-23(13-12-22)21(26)18-8-4-9-19(16(18)2)24(27)28/h3-4,6-9,14H,5,10-13H2,1-2H3. The Morgan fingerprint density at radius 2 is 1.57 bits per heavy atom. The Morgan fingerprint density at radius 3 is 2.21 bits per heavy atom. The third kappa shape index (κ3) is 4.03. The lowest BCUT2D eigenvalue weighted by molar-refractivity contribution is -0.385. The van der Waals surface area contributed by atoms with Crippen LogP contribution in [0.3, 0.4) is 0 Å². The average molecular weight is 381 g/mol. The molecule has 0 bridgehead atoms. The van der Waals surface area contributed by atoms with E-state index < -0.39 is 4.92 Å². The van der Waals surface area contributed by atoms with Crippen molar-refractivity contribution in [3.05, 3.63) is 74.8 Å². The lowest BCUT2D eigenvalue weighted by atomic mass is 10.1. The summed E-state index contributed by atoms with van der Waals surface area (Å²) in [6, 6.07) is 12.0. The molecule has 7 heteroatoms. The molecule has 2 aromatic rings. The molecular formula is C21H23N3O4. The number of carbonyl (C=O) groups excluding carboxylic acids is 2. The highest BCUT2D eigenvalue weighted by Gasteiger charge is 2.26. The molecule has 0 spiro atoms. The molecule has 146 valence electrons. The Kier molecular flexibility index (Phi) is 5.73. The van der Waals surface area contributed by atoms with Gasteiger partial charge in [0.05, 0.1) is 4.92 Å². The maximum Gasteiger partial charge on any atom is 0.273 e. The molecule has 7 nitrogen and oxygen atoms in total. The summed E-state index contributed by atoms with van der Waals surface area (Å²) in [7, 11) is 0. The van der Waals surface area contributed by atoms with Crippen molar-refractivity contribution in [3.63, 3.8) is 0 Å². The van der Waals surface area contributed by atoms with Crippen LogP contribution < -0.4 is 0 Å². The van der Waals surface area contributed by atoms with E-state index in [1.165, 1.54) is 12.1 Å². The molecule has 1 fully saturated rings. The number of carbonyl (C=O) groups is 2. The van der Waals surface area contributed by atoms with E-state index in [2.05, 4.69) is 0 Å². The van der Waals surface area contributed by atoms with E-state index in [9.17, 15) is 19.7 Å². The van der Waals surface area contributed by atoms with Gasteiger partial charge in [-0.25, -0.2) is 0 Å². The fraction of sp³-hybridized carbons (Fsp3) is 0.333. The molecule has 3 rings (SSSR count). The Bertz CT molecular complexity index is 926. The molecule has 1 aliphatic rings. The van der Waals surface area contributed by atoms with Gasteiger partial charge in [0.25, 0.3) is 17.5 Å². The number of hydrogen-bond donors (Lipinski definition) is 0. The van der Waals surface area contributed by atoms with Crippen molar-refractivity contribution >= 4 is 17.5 Å². The second kappa shape index (κ2) is 8.21. The topological polar surface area (TPSA) is 83.8 Å². The largest absolute Gasteiger partial charge is 0.337 e. The van der Waals surface area contributed by atoms with Crippen LogP contribution in [0.2, 0.25) is 0 Å². The number of benzene rings is 2. The highest BCUT2D eigenvalue weighted by Crippen LogP contribution is 2.23. The van der Waals surface area contributed by atoms with Gasteiger partial charge in [-0.2, -0.15) is 0 Å². The van der Waals surface area contributed by atoms with Crippen molar-refractivity contribution in [1.29, 1.82) is 0 Å². The van der Waals surface area contributed by atoms with E-state index in [0.29, 0.717) is 49.3 Å². The highest BCUT2D eigenvalue weighted by atomic mass is 16.6. The summed E-state index contributed by atoms with van der Waals surface area (Å²) in [5, 5.41) is 11.1. The molecule has 0 unspecified atom stereocenters. The number of hydrogen-bond acceptors (Lipinski definition) is 4.